The van der Waals surface area contributed by atoms with Gasteiger partial charge in [0.15, 0.2) is 5.58 Å². The highest BCUT2D eigenvalue weighted by molar-refractivity contribution is 7.26. The summed E-state index contributed by atoms with van der Waals surface area (Å²) in [4.78, 5) is 2.37. The molecule has 3 heterocycles. The molecule has 0 spiro atoms. The molecular formula is C57H37NOS2. The highest BCUT2D eigenvalue weighted by atomic mass is 32.1. The Hall–Kier alpha value is -6.98. The van der Waals surface area contributed by atoms with E-state index in [-0.39, 0.29) is 5.41 Å². The van der Waals surface area contributed by atoms with Crippen LogP contribution in [-0.4, -0.2) is 0 Å². The molecule has 2 nitrogen and oxygen atoms in total. The van der Waals surface area contributed by atoms with Gasteiger partial charge in [0.2, 0.25) is 0 Å². The van der Waals surface area contributed by atoms with Crippen LogP contribution < -0.4 is 4.90 Å². The third-order valence-electron chi connectivity index (χ3n) is 13.1. The third-order valence-corrected chi connectivity index (χ3v) is 15.6. The predicted molar refractivity (Wildman–Crippen MR) is 263 cm³/mol. The Morgan fingerprint density at radius 3 is 1.51 bits per heavy atom. The van der Waals surface area contributed by atoms with Crippen molar-refractivity contribution >= 4 is 102 Å². The molecule has 0 aliphatic heterocycles. The summed E-state index contributed by atoms with van der Waals surface area (Å²) < 4.78 is 12.5. The summed E-state index contributed by atoms with van der Waals surface area (Å²) in [7, 11) is 0. The average Bonchev–Trinajstić information content (AvgIpc) is 4.06. The largest absolute Gasteiger partial charge is 0.453 e. The molecule has 1 aliphatic rings. The van der Waals surface area contributed by atoms with Crippen LogP contribution in [0.5, 0.6) is 0 Å². The highest BCUT2D eigenvalue weighted by Crippen LogP contribution is 2.54. The van der Waals surface area contributed by atoms with Crippen molar-refractivity contribution in [3.05, 3.63) is 199 Å². The second-order valence-electron chi connectivity index (χ2n) is 16.8. The van der Waals surface area contributed by atoms with Gasteiger partial charge in [0.1, 0.15) is 5.58 Å². The summed E-state index contributed by atoms with van der Waals surface area (Å²) in [5.41, 5.74) is 14.9. The van der Waals surface area contributed by atoms with Crippen LogP contribution >= 0.6 is 22.7 Å². The van der Waals surface area contributed by atoms with E-state index in [2.05, 4.69) is 207 Å². The molecule has 0 fully saturated rings. The van der Waals surface area contributed by atoms with Crippen LogP contribution in [0.1, 0.15) is 25.0 Å². The number of thiophene rings is 2. The molecule has 0 amide bonds. The van der Waals surface area contributed by atoms with E-state index in [1.165, 1.54) is 84.9 Å². The Labute approximate surface area is 361 Å². The summed E-state index contributed by atoms with van der Waals surface area (Å²) in [6, 6.07) is 69.1. The lowest BCUT2D eigenvalue weighted by Crippen LogP contribution is -2.14. The van der Waals surface area contributed by atoms with Crippen molar-refractivity contribution < 1.29 is 4.42 Å². The van der Waals surface area contributed by atoms with Crippen LogP contribution in [0.15, 0.2) is 192 Å². The zero-order chi connectivity index (χ0) is 40.4. The maximum Gasteiger partial charge on any atom is 0.159 e. The lowest BCUT2D eigenvalue weighted by Gasteiger charge is -2.26. The molecule has 0 saturated heterocycles. The maximum atomic E-state index is 7.20. The van der Waals surface area contributed by atoms with Gasteiger partial charge in [0.05, 0.1) is 5.69 Å². The van der Waals surface area contributed by atoms with E-state index < -0.39 is 0 Å². The fourth-order valence-electron chi connectivity index (χ4n) is 10.2. The molecule has 0 saturated carbocycles. The Balaban J connectivity index is 0.990. The standard InChI is InChI=1S/C57H37NOS2/c1-57(2)47-20-6-3-14-46(47)52-48(57)33-32-43-42-17-11-21-49(53(42)59-54(43)52)58(36-28-24-34(25-29-36)38-15-9-18-44-40-12-4-7-22-50(40)60-55(38)44)37-30-26-35(27-31-37)39-16-10-19-45-41-13-5-8-23-51(41)61-56(39)45/h3-33H,1-2H3. The molecule has 0 unspecified atom stereocenters. The van der Waals surface area contributed by atoms with Gasteiger partial charge in [0, 0.05) is 73.5 Å². The van der Waals surface area contributed by atoms with Crippen molar-refractivity contribution in [2.75, 3.05) is 4.90 Å². The van der Waals surface area contributed by atoms with Gasteiger partial charge in [-0.05, 0) is 81.4 Å². The second-order valence-corrected chi connectivity index (χ2v) is 18.9. The molecule has 12 aromatic rings. The van der Waals surface area contributed by atoms with Gasteiger partial charge >= 0.3 is 0 Å². The zero-order valence-electron chi connectivity index (χ0n) is 33.6. The Morgan fingerprint density at radius 1 is 0.393 bits per heavy atom. The minimum absolute atomic E-state index is 0.113. The van der Waals surface area contributed by atoms with E-state index in [0.29, 0.717) is 0 Å². The van der Waals surface area contributed by atoms with E-state index in [4.69, 9.17) is 4.42 Å². The average molecular weight is 816 g/mol. The Kier molecular flexibility index (Phi) is 7.43. The maximum absolute atomic E-state index is 7.20. The molecule has 1 aliphatic carbocycles. The Morgan fingerprint density at radius 2 is 0.885 bits per heavy atom. The lowest BCUT2D eigenvalue weighted by atomic mass is 9.82. The first-order valence-electron chi connectivity index (χ1n) is 20.9. The van der Waals surface area contributed by atoms with Crippen LogP contribution in [-0.2, 0) is 5.41 Å². The molecule has 0 N–H and O–H groups in total. The molecule has 0 radical (unpaired) electrons. The first kappa shape index (κ1) is 34.8. The van der Waals surface area contributed by atoms with Gasteiger partial charge in [-0.3, -0.25) is 0 Å². The van der Waals surface area contributed by atoms with E-state index in [1.54, 1.807) is 0 Å². The second kappa shape index (κ2) is 13.0. The normalized spacial score (nSPS) is 13.2. The molecule has 288 valence electrons. The number of para-hydroxylation sites is 1. The fraction of sp³-hybridized carbons (Fsp3) is 0.0526. The first-order valence-corrected chi connectivity index (χ1v) is 22.5. The quantitative estimate of drug-likeness (QED) is 0.172. The number of hydrogen-bond donors (Lipinski definition) is 0. The van der Waals surface area contributed by atoms with Gasteiger partial charge in [-0.2, -0.15) is 0 Å². The van der Waals surface area contributed by atoms with Crippen LogP contribution in [0.3, 0.4) is 0 Å². The smallest absolute Gasteiger partial charge is 0.159 e. The monoisotopic (exact) mass is 815 g/mol. The number of furan rings is 1. The SMILES string of the molecule is CC1(C)c2ccccc2-c2c1ccc1c2oc2c(N(c3ccc(-c4cccc5c4sc4ccccc45)cc3)c3ccc(-c4cccc5c4sc4ccccc45)cc3)cccc21. The van der Waals surface area contributed by atoms with E-state index in [0.717, 1.165) is 39.0 Å². The number of rotatable bonds is 5. The van der Waals surface area contributed by atoms with Crippen molar-refractivity contribution in [2.24, 2.45) is 0 Å². The fourth-order valence-corrected chi connectivity index (χ4v) is 12.6. The molecule has 0 atom stereocenters. The van der Waals surface area contributed by atoms with Crippen molar-refractivity contribution in [1.82, 2.24) is 0 Å². The molecule has 4 heteroatoms. The van der Waals surface area contributed by atoms with Crippen molar-refractivity contribution in [3.8, 4) is 33.4 Å². The van der Waals surface area contributed by atoms with Gasteiger partial charge in [-0.15, -0.1) is 22.7 Å². The molecule has 61 heavy (non-hydrogen) atoms. The number of hydrogen-bond acceptors (Lipinski definition) is 4. The minimum atomic E-state index is -0.113. The van der Waals surface area contributed by atoms with E-state index in [9.17, 15) is 0 Å². The number of benzene rings is 9. The van der Waals surface area contributed by atoms with Crippen LogP contribution in [0.25, 0.3) is 95.7 Å². The molecule has 9 aromatic carbocycles. The first-order chi connectivity index (χ1) is 30.0. The van der Waals surface area contributed by atoms with Gasteiger partial charge < -0.3 is 9.32 Å². The van der Waals surface area contributed by atoms with Crippen LogP contribution in [0, 0.1) is 0 Å². The number of fused-ring (bicyclic) bond motifs is 13. The van der Waals surface area contributed by atoms with Crippen LogP contribution in [0.4, 0.5) is 17.1 Å². The molecular weight excluding hydrogens is 779 g/mol. The highest BCUT2D eigenvalue weighted by Gasteiger charge is 2.37. The predicted octanol–water partition coefficient (Wildman–Crippen LogP) is 17.4. The van der Waals surface area contributed by atoms with Gasteiger partial charge in [0.25, 0.3) is 0 Å². The lowest BCUT2D eigenvalue weighted by molar-refractivity contribution is 0.653. The summed E-state index contributed by atoms with van der Waals surface area (Å²) in [5.74, 6) is 0. The molecule has 3 aromatic heterocycles. The summed E-state index contributed by atoms with van der Waals surface area (Å²) >= 11 is 3.75. The van der Waals surface area contributed by atoms with Gasteiger partial charge in [-0.25, -0.2) is 0 Å². The van der Waals surface area contributed by atoms with Crippen molar-refractivity contribution in [3.63, 3.8) is 0 Å². The number of nitrogens with zero attached hydrogens (tertiary/aromatic N) is 1. The van der Waals surface area contributed by atoms with Crippen LogP contribution in [0.2, 0.25) is 0 Å². The topological polar surface area (TPSA) is 16.4 Å². The van der Waals surface area contributed by atoms with E-state index >= 15 is 0 Å². The van der Waals surface area contributed by atoms with Crippen molar-refractivity contribution in [2.45, 2.75) is 19.3 Å². The van der Waals surface area contributed by atoms with E-state index in [1.807, 2.05) is 22.7 Å². The Bertz CT molecular complexity index is 3580. The summed E-state index contributed by atoms with van der Waals surface area (Å²) in [6.07, 6.45) is 0. The minimum Gasteiger partial charge on any atom is -0.453 e. The molecule has 13 rings (SSSR count). The van der Waals surface area contributed by atoms with Gasteiger partial charge in [-0.1, -0.05) is 159 Å². The zero-order valence-corrected chi connectivity index (χ0v) is 35.2. The summed E-state index contributed by atoms with van der Waals surface area (Å²) in [6.45, 7) is 4.66. The molecule has 0 bridgehead atoms. The third kappa shape index (κ3) is 5.07. The van der Waals surface area contributed by atoms with Crippen molar-refractivity contribution in [1.29, 1.82) is 0 Å². The number of anilines is 3. The summed E-state index contributed by atoms with van der Waals surface area (Å²) in [5, 5.41) is 7.51.